The third kappa shape index (κ3) is 4.48. The summed E-state index contributed by atoms with van der Waals surface area (Å²) in [6, 6.07) is 7.70. The van der Waals surface area contributed by atoms with Crippen LogP contribution in [0.2, 0.25) is 0 Å². The topological polar surface area (TPSA) is 113 Å². The van der Waals surface area contributed by atoms with Gasteiger partial charge in [0.05, 0.1) is 11.5 Å². The zero-order chi connectivity index (χ0) is 26.7. The maximum absolute atomic E-state index is 13.4. The third-order valence-corrected chi connectivity index (χ3v) is 7.83. The Hall–Kier alpha value is -2.96. The number of rotatable bonds is 5. The molecule has 0 bridgehead atoms. The van der Waals surface area contributed by atoms with E-state index in [2.05, 4.69) is 5.32 Å². The third-order valence-electron chi connectivity index (χ3n) is 6.72. The largest absolute Gasteiger partial charge is 0.421 e. The molecule has 0 radical (unpaired) electrons. The summed E-state index contributed by atoms with van der Waals surface area (Å²) in [5.41, 5.74) is -3.50. The minimum Gasteiger partial charge on any atom is -0.376 e. The molecule has 0 spiro atoms. The van der Waals surface area contributed by atoms with Crippen molar-refractivity contribution in [3.63, 3.8) is 0 Å². The van der Waals surface area contributed by atoms with Crippen LogP contribution in [-0.2, 0) is 36.3 Å². The Morgan fingerprint density at radius 2 is 1.78 bits per heavy atom. The molecule has 8 nitrogen and oxygen atoms in total. The zero-order valence-corrected chi connectivity index (χ0v) is 20.5. The number of anilines is 1. The van der Waals surface area contributed by atoms with E-state index in [0.29, 0.717) is 31.1 Å². The highest BCUT2D eigenvalue weighted by Gasteiger charge is 2.51. The van der Waals surface area contributed by atoms with Crippen molar-refractivity contribution in [2.75, 3.05) is 18.2 Å². The summed E-state index contributed by atoms with van der Waals surface area (Å²) in [6.07, 6.45) is -3.38. The van der Waals surface area contributed by atoms with Crippen LogP contribution >= 0.6 is 0 Å². The molecule has 2 unspecified atom stereocenters. The average molecular weight is 527 g/mol. The Morgan fingerprint density at radius 3 is 2.28 bits per heavy atom. The van der Waals surface area contributed by atoms with E-state index in [-0.39, 0.29) is 17.1 Å². The number of nitrogens with one attached hydrogen (secondary N) is 1. The van der Waals surface area contributed by atoms with Gasteiger partial charge in [0.2, 0.25) is 0 Å². The van der Waals surface area contributed by atoms with Crippen molar-refractivity contribution < 1.29 is 41.0 Å². The molecule has 2 heterocycles. The van der Waals surface area contributed by atoms with Gasteiger partial charge in [0, 0.05) is 24.9 Å². The lowest BCUT2D eigenvalue weighted by molar-refractivity contribution is -0.258. The van der Waals surface area contributed by atoms with Gasteiger partial charge in [-0.3, -0.25) is 9.59 Å². The molecular weight excluding hydrogens is 501 g/mol. The van der Waals surface area contributed by atoms with Gasteiger partial charge in [-0.1, -0.05) is 18.2 Å². The lowest BCUT2D eigenvalue weighted by Gasteiger charge is -2.41. The number of ether oxygens (including phenoxy) is 1. The minimum absolute atomic E-state index is 0.0120. The summed E-state index contributed by atoms with van der Waals surface area (Å²) >= 11 is 0. The lowest BCUT2D eigenvalue weighted by atomic mass is 9.94. The van der Waals surface area contributed by atoms with Gasteiger partial charge < -0.3 is 20.1 Å². The maximum atomic E-state index is 13.4. The maximum Gasteiger partial charge on any atom is 0.421 e. The van der Waals surface area contributed by atoms with E-state index < -0.39 is 50.6 Å². The number of sulfone groups is 1. The van der Waals surface area contributed by atoms with Gasteiger partial charge in [0.15, 0.2) is 15.4 Å². The van der Waals surface area contributed by atoms with E-state index in [4.69, 9.17) is 4.74 Å². The normalized spacial score (nSPS) is 23.4. The number of hydrogen-bond donors (Lipinski definition) is 2. The van der Waals surface area contributed by atoms with Gasteiger partial charge in [-0.25, -0.2) is 8.42 Å². The van der Waals surface area contributed by atoms with Gasteiger partial charge in [-0.05, 0) is 54.8 Å². The second kappa shape index (κ2) is 8.56. The average Bonchev–Trinajstić information content (AvgIpc) is 3.14. The summed E-state index contributed by atoms with van der Waals surface area (Å²) in [6.45, 7) is 2.63. The molecule has 194 valence electrons. The van der Waals surface area contributed by atoms with Crippen LogP contribution in [0.3, 0.4) is 0 Å². The first-order valence-electron chi connectivity index (χ1n) is 11.0. The Bertz CT molecular complexity index is 1320. The Labute approximate surface area is 206 Å². The monoisotopic (exact) mass is 526 g/mol. The van der Waals surface area contributed by atoms with Crippen LogP contribution in [-0.4, -0.2) is 54.9 Å². The van der Waals surface area contributed by atoms with E-state index in [1.807, 2.05) is 0 Å². The molecule has 12 heteroatoms. The van der Waals surface area contributed by atoms with E-state index >= 15 is 0 Å². The predicted octanol–water partition coefficient (Wildman–Crippen LogP) is 3.06. The number of alkyl halides is 3. The second-order valence-electron chi connectivity index (χ2n) is 9.43. The van der Waals surface area contributed by atoms with Crippen molar-refractivity contribution in [1.29, 1.82) is 0 Å². The minimum atomic E-state index is -4.89. The number of carbonyl (C=O) groups excluding carboxylic acids is 2. The number of amides is 2. The van der Waals surface area contributed by atoms with Crippen molar-refractivity contribution in [3.05, 3.63) is 59.2 Å². The zero-order valence-electron chi connectivity index (χ0n) is 19.7. The van der Waals surface area contributed by atoms with Crippen LogP contribution in [0.1, 0.15) is 43.0 Å². The first-order chi connectivity index (χ1) is 16.5. The fraction of sp³-hybridized carbons (Fsp3) is 0.417. The van der Waals surface area contributed by atoms with E-state index in [0.717, 1.165) is 18.4 Å². The van der Waals surface area contributed by atoms with Gasteiger partial charge >= 0.3 is 6.18 Å². The quantitative estimate of drug-likeness (QED) is 0.619. The Morgan fingerprint density at radius 1 is 1.17 bits per heavy atom. The molecule has 0 aromatic heterocycles. The van der Waals surface area contributed by atoms with Gasteiger partial charge in [0.1, 0.15) is 11.6 Å². The summed E-state index contributed by atoms with van der Waals surface area (Å²) < 4.78 is 68.8. The molecule has 2 N–H and O–H groups in total. The number of fused-ring (bicyclic) bond motifs is 1. The molecule has 1 fully saturated rings. The fourth-order valence-corrected chi connectivity index (χ4v) is 4.94. The molecule has 0 aliphatic carbocycles. The summed E-state index contributed by atoms with van der Waals surface area (Å²) in [5.74, 6) is -1.06. The van der Waals surface area contributed by atoms with Crippen LogP contribution in [0.4, 0.5) is 18.9 Å². The number of nitrogens with zero attached hydrogens (tertiary/aromatic N) is 1. The molecule has 2 aliphatic heterocycles. The SMILES string of the molecule is CC1(C(=O)N2Cc3cc(S(C)(=O)=O)ccc3[C@@H]2C(=O)Nc2ccc(C(C)(O)C(F)(F)F)cc2)CCO1. The molecule has 2 aliphatic rings. The molecular formula is C24H25F3N2O6S. The number of carbonyl (C=O) groups is 2. The van der Waals surface area contributed by atoms with Crippen LogP contribution in [0.5, 0.6) is 0 Å². The first-order valence-corrected chi connectivity index (χ1v) is 12.9. The summed E-state index contributed by atoms with van der Waals surface area (Å²) in [5, 5.41) is 12.5. The highest BCUT2D eigenvalue weighted by atomic mass is 32.2. The second-order valence-corrected chi connectivity index (χ2v) is 11.5. The smallest absolute Gasteiger partial charge is 0.376 e. The van der Waals surface area contributed by atoms with Crippen molar-refractivity contribution in [2.24, 2.45) is 0 Å². The highest BCUT2D eigenvalue weighted by Crippen LogP contribution is 2.41. The lowest BCUT2D eigenvalue weighted by Crippen LogP contribution is -2.55. The van der Waals surface area contributed by atoms with Crippen LogP contribution in [0, 0.1) is 0 Å². The molecule has 0 saturated carbocycles. The van der Waals surface area contributed by atoms with Crippen LogP contribution < -0.4 is 5.32 Å². The predicted molar refractivity (Wildman–Crippen MR) is 123 cm³/mol. The van der Waals surface area contributed by atoms with Gasteiger partial charge in [0.25, 0.3) is 11.8 Å². The molecule has 2 aromatic rings. The van der Waals surface area contributed by atoms with Crippen molar-refractivity contribution in [2.45, 2.75) is 55.1 Å². The number of hydrogen-bond acceptors (Lipinski definition) is 6. The number of halogens is 3. The molecule has 2 aromatic carbocycles. The van der Waals surface area contributed by atoms with E-state index in [1.165, 1.54) is 35.2 Å². The van der Waals surface area contributed by atoms with E-state index in [1.54, 1.807) is 6.92 Å². The molecule has 2 amide bonds. The van der Waals surface area contributed by atoms with Crippen molar-refractivity contribution in [1.82, 2.24) is 4.90 Å². The standard InChI is InChI=1S/C24H25F3N2O6S/c1-22(10-11-35-22)21(31)29-13-14-12-17(36(3,33)34)8-9-18(14)19(29)20(30)28-16-6-4-15(5-7-16)23(2,32)24(25,26)27/h4-9,12,19,32H,10-11,13H2,1-3H3,(H,28,30)/t19-,22?,23?/m1/s1. The fourth-order valence-electron chi connectivity index (χ4n) is 4.26. The highest BCUT2D eigenvalue weighted by molar-refractivity contribution is 7.90. The molecule has 36 heavy (non-hydrogen) atoms. The Balaban J connectivity index is 1.64. The van der Waals surface area contributed by atoms with E-state index in [9.17, 15) is 36.3 Å². The van der Waals surface area contributed by atoms with Crippen molar-refractivity contribution in [3.8, 4) is 0 Å². The first kappa shape index (κ1) is 26.1. The molecule has 1 saturated heterocycles. The Kier molecular flexibility index (Phi) is 6.21. The molecule has 4 rings (SSSR count). The molecule has 3 atom stereocenters. The number of aliphatic hydroxyl groups is 1. The van der Waals surface area contributed by atoms with Crippen LogP contribution in [0.25, 0.3) is 0 Å². The summed E-state index contributed by atoms with van der Waals surface area (Å²) in [7, 11) is -3.53. The van der Waals surface area contributed by atoms with Gasteiger partial charge in [-0.15, -0.1) is 0 Å². The van der Waals surface area contributed by atoms with Crippen molar-refractivity contribution >= 4 is 27.3 Å². The van der Waals surface area contributed by atoms with Gasteiger partial charge in [-0.2, -0.15) is 13.2 Å². The number of benzene rings is 2. The summed E-state index contributed by atoms with van der Waals surface area (Å²) in [4.78, 5) is 28.0. The van der Waals surface area contributed by atoms with Crippen LogP contribution in [0.15, 0.2) is 47.4 Å².